The normalized spacial score (nSPS) is 29.6. The summed E-state index contributed by atoms with van der Waals surface area (Å²) < 4.78 is 30.2. The summed E-state index contributed by atoms with van der Waals surface area (Å²) >= 11 is 0. The van der Waals surface area contributed by atoms with E-state index in [1.54, 1.807) is 0 Å². The van der Waals surface area contributed by atoms with E-state index < -0.39 is 15.1 Å². The molecule has 1 aromatic carbocycles. The molecule has 0 spiro atoms. The minimum absolute atomic E-state index is 0.0675. The highest BCUT2D eigenvalue weighted by molar-refractivity contribution is 7.92. The molecule has 116 valence electrons. The van der Waals surface area contributed by atoms with Crippen LogP contribution < -0.4 is 5.73 Å². The highest BCUT2D eigenvalue weighted by Gasteiger charge is 2.35. The minimum Gasteiger partial charge on any atom is -0.373 e. The Kier molecular flexibility index (Phi) is 4.33. The molecule has 5 heteroatoms. The number of fused-ring (bicyclic) bond motifs is 1. The summed E-state index contributed by atoms with van der Waals surface area (Å²) in [6.45, 7) is 0.686. The lowest BCUT2D eigenvalue weighted by molar-refractivity contribution is 0.0316. The molecule has 1 fully saturated rings. The van der Waals surface area contributed by atoms with Gasteiger partial charge in [0, 0.05) is 6.04 Å². The summed E-state index contributed by atoms with van der Waals surface area (Å²) in [5, 5.41) is -0.399. The van der Waals surface area contributed by atoms with Crippen molar-refractivity contribution in [2.75, 3.05) is 12.4 Å². The third kappa shape index (κ3) is 3.15. The fraction of sp³-hybridized carbons (Fsp3) is 0.625. The maximum atomic E-state index is 12.2. The van der Waals surface area contributed by atoms with Crippen LogP contribution >= 0.6 is 0 Å². The summed E-state index contributed by atoms with van der Waals surface area (Å²) in [7, 11) is -3.03. The van der Waals surface area contributed by atoms with Crippen molar-refractivity contribution in [3.63, 3.8) is 0 Å². The lowest BCUT2D eigenvalue weighted by Gasteiger charge is -2.32. The second-order valence-electron chi connectivity index (χ2n) is 6.11. The van der Waals surface area contributed by atoms with Gasteiger partial charge in [-0.25, -0.2) is 8.42 Å². The molecule has 2 aliphatic rings. The van der Waals surface area contributed by atoms with E-state index in [9.17, 15) is 8.42 Å². The van der Waals surface area contributed by atoms with Crippen LogP contribution in [-0.4, -0.2) is 32.1 Å². The first kappa shape index (κ1) is 15.0. The first-order valence-electron chi connectivity index (χ1n) is 7.74. The first-order valence-corrected chi connectivity index (χ1v) is 9.46. The van der Waals surface area contributed by atoms with Crippen LogP contribution in [0.4, 0.5) is 0 Å². The molecule has 1 aromatic rings. The van der Waals surface area contributed by atoms with E-state index in [4.69, 9.17) is 10.5 Å². The van der Waals surface area contributed by atoms with E-state index in [1.165, 1.54) is 11.1 Å². The van der Waals surface area contributed by atoms with Gasteiger partial charge in [-0.05, 0) is 36.8 Å². The lowest BCUT2D eigenvalue weighted by Crippen LogP contribution is -2.44. The summed E-state index contributed by atoms with van der Waals surface area (Å²) in [5.74, 6) is 0.285. The van der Waals surface area contributed by atoms with Gasteiger partial charge in [0.15, 0.2) is 9.84 Å². The van der Waals surface area contributed by atoms with Crippen LogP contribution in [0.25, 0.3) is 0 Å². The van der Waals surface area contributed by atoms with E-state index in [2.05, 4.69) is 12.1 Å². The van der Waals surface area contributed by atoms with Gasteiger partial charge in [0.1, 0.15) is 0 Å². The van der Waals surface area contributed by atoms with E-state index in [0.29, 0.717) is 19.4 Å². The number of benzene rings is 1. The monoisotopic (exact) mass is 309 g/mol. The van der Waals surface area contributed by atoms with Gasteiger partial charge in [-0.1, -0.05) is 30.7 Å². The number of sulfone groups is 1. The quantitative estimate of drug-likeness (QED) is 0.927. The number of nitrogens with two attached hydrogens (primary N) is 1. The molecular weight excluding hydrogens is 286 g/mol. The molecule has 0 radical (unpaired) electrons. The topological polar surface area (TPSA) is 69.4 Å². The van der Waals surface area contributed by atoms with Crippen LogP contribution in [0, 0.1) is 0 Å². The highest BCUT2D eigenvalue weighted by atomic mass is 32.2. The van der Waals surface area contributed by atoms with Gasteiger partial charge in [0.2, 0.25) is 0 Å². The van der Waals surface area contributed by atoms with Gasteiger partial charge >= 0.3 is 0 Å². The zero-order valence-electron chi connectivity index (χ0n) is 12.2. The Morgan fingerprint density at radius 2 is 2.10 bits per heavy atom. The van der Waals surface area contributed by atoms with Crippen molar-refractivity contribution in [2.24, 2.45) is 5.73 Å². The van der Waals surface area contributed by atoms with Crippen LogP contribution in [0.1, 0.15) is 42.9 Å². The summed E-state index contributed by atoms with van der Waals surface area (Å²) in [4.78, 5) is 0. The van der Waals surface area contributed by atoms with Crippen molar-refractivity contribution in [3.05, 3.63) is 35.4 Å². The predicted octanol–water partition coefficient (Wildman–Crippen LogP) is 1.99. The fourth-order valence-electron chi connectivity index (χ4n) is 3.53. The Hall–Kier alpha value is -0.910. The summed E-state index contributed by atoms with van der Waals surface area (Å²) in [6, 6.07) is 7.89. The highest BCUT2D eigenvalue weighted by Crippen LogP contribution is 2.33. The second kappa shape index (κ2) is 6.07. The molecule has 2 heterocycles. The van der Waals surface area contributed by atoms with Gasteiger partial charge in [-0.2, -0.15) is 0 Å². The summed E-state index contributed by atoms with van der Waals surface area (Å²) in [6.07, 6.45) is 3.86. The van der Waals surface area contributed by atoms with Crippen LogP contribution in [0.3, 0.4) is 0 Å². The fourth-order valence-corrected chi connectivity index (χ4v) is 5.61. The van der Waals surface area contributed by atoms with E-state index >= 15 is 0 Å². The van der Waals surface area contributed by atoms with E-state index in [1.807, 2.05) is 12.1 Å². The molecule has 21 heavy (non-hydrogen) atoms. The van der Waals surface area contributed by atoms with Crippen molar-refractivity contribution in [1.29, 1.82) is 0 Å². The first-order chi connectivity index (χ1) is 10.1. The number of hydrogen-bond donors (Lipinski definition) is 1. The van der Waals surface area contributed by atoms with Crippen LogP contribution in [0.2, 0.25) is 0 Å². The number of rotatable bonds is 3. The molecule has 1 saturated heterocycles. The smallest absolute Gasteiger partial charge is 0.154 e. The van der Waals surface area contributed by atoms with Crippen molar-refractivity contribution >= 4 is 9.84 Å². The van der Waals surface area contributed by atoms with Crippen LogP contribution in [0.5, 0.6) is 0 Å². The number of hydrogen-bond acceptors (Lipinski definition) is 4. The molecule has 2 N–H and O–H groups in total. The molecule has 0 aliphatic carbocycles. The molecule has 0 amide bonds. The lowest BCUT2D eigenvalue weighted by atomic mass is 9.92. The Balaban J connectivity index is 1.75. The molecule has 4 nitrogen and oxygen atoms in total. The minimum atomic E-state index is -3.03. The molecule has 3 atom stereocenters. The predicted molar refractivity (Wildman–Crippen MR) is 82.9 cm³/mol. The Bertz CT molecular complexity index is 599. The molecule has 3 unspecified atom stereocenters. The Labute approximate surface area is 126 Å². The second-order valence-corrected chi connectivity index (χ2v) is 8.45. The van der Waals surface area contributed by atoms with Gasteiger partial charge in [0.25, 0.3) is 0 Å². The van der Waals surface area contributed by atoms with Gasteiger partial charge in [-0.15, -0.1) is 0 Å². The average Bonchev–Trinajstić information content (AvgIpc) is 2.47. The SMILES string of the molecule is NC(CC1OCCc2ccccc21)C1CCCCS1(=O)=O. The zero-order chi connectivity index (χ0) is 14.9. The van der Waals surface area contributed by atoms with Crippen molar-refractivity contribution in [3.8, 4) is 0 Å². The molecule has 0 saturated carbocycles. The standard InChI is InChI=1S/C16H23NO3S/c17-14(16-7-3-4-10-21(16,18)19)11-15-13-6-2-1-5-12(13)8-9-20-15/h1-2,5-6,14-16H,3-4,7-11,17H2. The van der Waals surface area contributed by atoms with Gasteiger partial charge in [-0.3, -0.25) is 0 Å². The maximum Gasteiger partial charge on any atom is 0.154 e. The van der Waals surface area contributed by atoms with Gasteiger partial charge < -0.3 is 10.5 Å². The molecule has 2 aliphatic heterocycles. The third-order valence-corrected chi connectivity index (χ3v) is 7.05. The van der Waals surface area contributed by atoms with Gasteiger partial charge in [0.05, 0.1) is 23.7 Å². The third-order valence-electron chi connectivity index (χ3n) is 4.68. The molecule has 3 rings (SSSR count). The Morgan fingerprint density at radius 3 is 2.90 bits per heavy atom. The van der Waals surface area contributed by atoms with Crippen LogP contribution in [-0.2, 0) is 21.0 Å². The van der Waals surface area contributed by atoms with Crippen molar-refractivity contribution in [2.45, 2.75) is 49.5 Å². The zero-order valence-corrected chi connectivity index (χ0v) is 13.0. The maximum absolute atomic E-state index is 12.2. The Morgan fingerprint density at radius 1 is 1.29 bits per heavy atom. The number of ether oxygens (including phenoxy) is 1. The molecule has 0 aromatic heterocycles. The van der Waals surface area contributed by atoms with Crippen molar-refractivity contribution < 1.29 is 13.2 Å². The van der Waals surface area contributed by atoms with E-state index in [0.717, 1.165) is 19.3 Å². The van der Waals surface area contributed by atoms with E-state index in [-0.39, 0.29) is 17.9 Å². The van der Waals surface area contributed by atoms with Crippen LogP contribution in [0.15, 0.2) is 24.3 Å². The summed E-state index contributed by atoms with van der Waals surface area (Å²) in [5.41, 5.74) is 8.72. The molecule has 0 bridgehead atoms. The average molecular weight is 309 g/mol. The largest absolute Gasteiger partial charge is 0.373 e. The molecular formula is C16H23NO3S. The van der Waals surface area contributed by atoms with Crippen molar-refractivity contribution in [1.82, 2.24) is 0 Å².